The van der Waals surface area contributed by atoms with E-state index >= 15 is 0 Å². The lowest BCUT2D eigenvalue weighted by atomic mass is 10.0. The van der Waals surface area contributed by atoms with E-state index in [1.54, 1.807) is 0 Å². The summed E-state index contributed by atoms with van der Waals surface area (Å²) >= 11 is 0. The van der Waals surface area contributed by atoms with Gasteiger partial charge in [0.05, 0.1) is 0 Å². The van der Waals surface area contributed by atoms with E-state index < -0.39 is 0 Å². The van der Waals surface area contributed by atoms with Gasteiger partial charge in [0.2, 0.25) is 13.6 Å². The summed E-state index contributed by atoms with van der Waals surface area (Å²) in [4.78, 5) is 0. The number of rotatable bonds is 2. The molecule has 0 atom stereocenters. The smallest absolute Gasteiger partial charge is 0.231 e. The largest absolute Gasteiger partial charge is 0.454 e. The van der Waals surface area contributed by atoms with E-state index in [2.05, 4.69) is 6.42 Å². The highest BCUT2D eigenvalue weighted by Crippen LogP contribution is 2.36. The first-order valence-corrected chi connectivity index (χ1v) is 6.02. The summed E-state index contributed by atoms with van der Waals surface area (Å²) in [6.45, 7) is 0.589. The highest BCUT2D eigenvalue weighted by molar-refractivity contribution is 5.52. The Morgan fingerprint density at radius 3 is 1.63 bits per heavy atom. The van der Waals surface area contributed by atoms with Crippen molar-refractivity contribution in [2.45, 2.75) is 0 Å². The maximum atomic E-state index is 5.36. The average molecular weight is 255 g/mol. The first-order valence-electron chi connectivity index (χ1n) is 6.02. The molecule has 2 aromatic carbocycles. The Morgan fingerprint density at radius 1 is 0.632 bits per heavy atom. The Kier molecular flexibility index (Phi) is 2.27. The second-order valence-corrected chi connectivity index (χ2v) is 4.37. The third-order valence-electron chi connectivity index (χ3n) is 3.13. The Labute approximate surface area is 110 Å². The molecule has 4 nitrogen and oxygen atoms in total. The number of fused-ring (bicyclic) bond motifs is 2. The van der Waals surface area contributed by atoms with Crippen molar-refractivity contribution < 1.29 is 18.9 Å². The lowest BCUT2D eigenvalue weighted by Gasteiger charge is -2.04. The molecule has 2 aliphatic rings. The molecule has 0 spiro atoms. The average Bonchev–Trinajstić information content (AvgIpc) is 3.05. The quantitative estimate of drug-likeness (QED) is 0.826. The molecule has 0 saturated carbocycles. The van der Waals surface area contributed by atoms with Crippen LogP contribution in [0.2, 0.25) is 0 Å². The molecule has 0 bridgehead atoms. The van der Waals surface area contributed by atoms with Gasteiger partial charge in [-0.25, -0.2) is 0 Å². The van der Waals surface area contributed by atoms with Crippen molar-refractivity contribution in [2.24, 2.45) is 0 Å². The highest BCUT2D eigenvalue weighted by atomic mass is 16.7. The maximum Gasteiger partial charge on any atom is 0.231 e. The van der Waals surface area contributed by atoms with Crippen molar-refractivity contribution in [3.05, 3.63) is 53.9 Å². The van der Waals surface area contributed by atoms with E-state index in [0.29, 0.717) is 13.6 Å². The number of ether oxygens (including phenoxy) is 4. The molecule has 0 saturated heterocycles. The van der Waals surface area contributed by atoms with Gasteiger partial charge in [0, 0.05) is 6.42 Å². The van der Waals surface area contributed by atoms with E-state index in [1.807, 2.05) is 36.4 Å². The molecular weight excluding hydrogens is 244 g/mol. The molecule has 0 N–H and O–H groups in total. The molecule has 19 heavy (non-hydrogen) atoms. The third kappa shape index (κ3) is 1.85. The summed E-state index contributed by atoms with van der Waals surface area (Å²) < 4.78 is 21.3. The van der Waals surface area contributed by atoms with Gasteiger partial charge in [0.25, 0.3) is 0 Å². The van der Waals surface area contributed by atoms with Gasteiger partial charge in [-0.1, -0.05) is 12.1 Å². The van der Waals surface area contributed by atoms with Crippen LogP contribution >= 0.6 is 0 Å². The predicted molar refractivity (Wildman–Crippen MR) is 67.6 cm³/mol. The van der Waals surface area contributed by atoms with E-state index in [9.17, 15) is 0 Å². The van der Waals surface area contributed by atoms with E-state index in [4.69, 9.17) is 18.9 Å². The van der Waals surface area contributed by atoms with Crippen LogP contribution in [0.25, 0.3) is 0 Å². The van der Waals surface area contributed by atoms with Crippen molar-refractivity contribution in [1.29, 1.82) is 0 Å². The normalized spacial score (nSPS) is 14.7. The van der Waals surface area contributed by atoms with Crippen LogP contribution in [0.4, 0.5) is 0 Å². The zero-order valence-corrected chi connectivity index (χ0v) is 10.1. The van der Waals surface area contributed by atoms with Crippen molar-refractivity contribution in [2.75, 3.05) is 13.6 Å². The van der Waals surface area contributed by atoms with E-state index in [-0.39, 0.29) is 0 Å². The molecule has 2 heterocycles. The number of hydrogen-bond donors (Lipinski definition) is 0. The lowest BCUT2D eigenvalue weighted by Crippen LogP contribution is -1.93. The van der Waals surface area contributed by atoms with Crippen LogP contribution in [-0.2, 0) is 0 Å². The molecule has 1 radical (unpaired) electrons. The van der Waals surface area contributed by atoms with Crippen LogP contribution in [0, 0.1) is 6.42 Å². The Balaban J connectivity index is 1.61. The van der Waals surface area contributed by atoms with E-state index in [0.717, 1.165) is 34.1 Å². The molecule has 95 valence electrons. The Hall–Kier alpha value is -2.36. The molecule has 0 fully saturated rings. The summed E-state index contributed by atoms with van der Waals surface area (Å²) in [5.74, 6) is 3.16. The fourth-order valence-electron chi connectivity index (χ4n) is 2.20. The lowest BCUT2D eigenvalue weighted by molar-refractivity contribution is 0.173. The molecule has 4 heteroatoms. The summed E-state index contributed by atoms with van der Waals surface area (Å²) in [6, 6.07) is 11.8. The molecule has 0 aromatic heterocycles. The zero-order valence-electron chi connectivity index (χ0n) is 10.1. The van der Waals surface area contributed by atoms with Gasteiger partial charge >= 0.3 is 0 Å². The first kappa shape index (κ1) is 10.6. The van der Waals surface area contributed by atoms with Gasteiger partial charge in [-0.3, -0.25) is 0 Å². The van der Waals surface area contributed by atoms with Crippen molar-refractivity contribution in [1.82, 2.24) is 0 Å². The molecule has 0 unspecified atom stereocenters. The summed E-state index contributed by atoms with van der Waals surface area (Å²) in [5.41, 5.74) is 2.12. The van der Waals surface area contributed by atoms with Crippen LogP contribution in [0.1, 0.15) is 11.1 Å². The first-order chi connectivity index (χ1) is 9.38. The van der Waals surface area contributed by atoms with Crippen LogP contribution in [0.3, 0.4) is 0 Å². The minimum atomic E-state index is 0.294. The molecule has 0 aliphatic carbocycles. The molecule has 2 aromatic rings. The minimum absolute atomic E-state index is 0.294. The molecule has 0 amide bonds. The Morgan fingerprint density at radius 2 is 1.11 bits per heavy atom. The van der Waals surface area contributed by atoms with Gasteiger partial charge in [0.1, 0.15) is 0 Å². The Bertz CT molecular complexity index is 581. The fourth-order valence-corrected chi connectivity index (χ4v) is 2.20. The second kappa shape index (κ2) is 4.09. The van der Waals surface area contributed by atoms with Crippen LogP contribution in [-0.4, -0.2) is 13.6 Å². The van der Waals surface area contributed by atoms with Gasteiger partial charge in [-0.2, -0.15) is 0 Å². The van der Waals surface area contributed by atoms with E-state index in [1.165, 1.54) is 0 Å². The van der Waals surface area contributed by atoms with Crippen molar-refractivity contribution in [3.63, 3.8) is 0 Å². The predicted octanol–water partition coefficient (Wildman–Crippen LogP) is 2.74. The van der Waals surface area contributed by atoms with Gasteiger partial charge in [0.15, 0.2) is 23.0 Å². The van der Waals surface area contributed by atoms with Crippen molar-refractivity contribution in [3.8, 4) is 23.0 Å². The number of hydrogen-bond acceptors (Lipinski definition) is 4. The fraction of sp³-hybridized carbons (Fsp3) is 0.133. The second-order valence-electron chi connectivity index (χ2n) is 4.37. The minimum Gasteiger partial charge on any atom is -0.454 e. The van der Waals surface area contributed by atoms with Gasteiger partial charge in [-0.15, -0.1) is 0 Å². The standard InChI is InChI=1S/C15H11O4/c1-3-12-14(18-8-16-12)6-10(1)5-11-2-4-13-15(7-11)19-9-17-13/h1-7H,8-9H2. The van der Waals surface area contributed by atoms with Crippen LogP contribution in [0.15, 0.2) is 36.4 Å². The van der Waals surface area contributed by atoms with Crippen LogP contribution in [0.5, 0.6) is 23.0 Å². The summed E-state index contributed by atoms with van der Waals surface area (Å²) in [6.07, 6.45) is 2.06. The monoisotopic (exact) mass is 255 g/mol. The van der Waals surface area contributed by atoms with Crippen LogP contribution < -0.4 is 18.9 Å². The zero-order chi connectivity index (χ0) is 12.7. The SMILES string of the molecule is [CH](c1ccc2c(c1)OCO2)c1ccc2c(c1)OCO2. The summed E-state index contributed by atoms with van der Waals surface area (Å²) in [5, 5.41) is 0. The number of benzene rings is 2. The van der Waals surface area contributed by atoms with Gasteiger partial charge < -0.3 is 18.9 Å². The topological polar surface area (TPSA) is 36.9 Å². The molecular formula is C15H11O4. The maximum absolute atomic E-state index is 5.36. The highest BCUT2D eigenvalue weighted by Gasteiger charge is 2.15. The van der Waals surface area contributed by atoms with Crippen molar-refractivity contribution >= 4 is 0 Å². The summed E-state index contributed by atoms with van der Waals surface area (Å²) in [7, 11) is 0. The molecule has 4 rings (SSSR count). The third-order valence-corrected chi connectivity index (χ3v) is 3.13. The molecule has 2 aliphatic heterocycles. The van der Waals surface area contributed by atoms with Gasteiger partial charge in [-0.05, 0) is 35.4 Å².